The van der Waals surface area contributed by atoms with Gasteiger partial charge in [0, 0.05) is 49.2 Å². The molecule has 11 heteroatoms. The summed E-state index contributed by atoms with van der Waals surface area (Å²) < 4.78 is 27.9. The Kier molecular flexibility index (Phi) is 8.14. The fourth-order valence-corrected chi connectivity index (χ4v) is 4.10. The number of aromatic nitrogens is 1. The maximum atomic E-state index is 14.0. The second kappa shape index (κ2) is 10.7. The number of rotatable bonds is 5. The highest BCUT2D eigenvalue weighted by Crippen LogP contribution is 2.36. The third-order valence-electron chi connectivity index (χ3n) is 5.90. The number of benzene rings is 2. The zero-order valence-electron chi connectivity index (χ0n) is 18.4. The average molecular weight is 512 g/mol. The third-order valence-corrected chi connectivity index (χ3v) is 5.90. The summed E-state index contributed by atoms with van der Waals surface area (Å²) in [6.07, 6.45) is 0. The summed E-state index contributed by atoms with van der Waals surface area (Å²) in [5.41, 5.74) is 2.44. The third kappa shape index (κ3) is 5.02. The summed E-state index contributed by atoms with van der Waals surface area (Å²) in [5.74, 6) is -1.04. The Morgan fingerprint density at radius 1 is 1.06 bits per heavy atom. The number of piperazine rings is 1. The van der Waals surface area contributed by atoms with Gasteiger partial charge in [-0.2, -0.15) is 0 Å². The number of aromatic amines is 1. The maximum Gasteiger partial charge on any atom is 0.199 e. The summed E-state index contributed by atoms with van der Waals surface area (Å²) in [7, 11) is 2.10. The molecule has 0 radical (unpaired) electrons. The zero-order chi connectivity index (χ0) is 22.2. The molecule has 1 saturated heterocycles. The lowest BCUT2D eigenvalue weighted by molar-refractivity contribution is 0.0864. The molecule has 0 amide bonds. The zero-order valence-corrected chi connectivity index (χ0v) is 20.1. The van der Waals surface area contributed by atoms with Gasteiger partial charge in [-0.25, -0.2) is 13.8 Å². The second-order valence-electron chi connectivity index (χ2n) is 8.08. The molecule has 0 unspecified atom stereocenters. The van der Waals surface area contributed by atoms with Crippen molar-refractivity contribution in [1.82, 2.24) is 14.8 Å². The number of oxime groups is 1. The van der Waals surface area contributed by atoms with Gasteiger partial charge in [-0.15, -0.1) is 24.8 Å². The van der Waals surface area contributed by atoms with Gasteiger partial charge < -0.3 is 19.8 Å². The predicted molar refractivity (Wildman–Crippen MR) is 133 cm³/mol. The lowest BCUT2D eigenvalue weighted by atomic mass is 10.0. The Hall–Kier alpha value is -2.72. The van der Waals surface area contributed by atoms with Crippen LogP contribution in [-0.2, 0) is 4.84 Å². The van der Waals surface area contributed by atoms with E-state index < -0.39 is 11.6 Å². The van der Waals surface area contributed by atoms with E-state index >= 15 is 0 Å². The van der Waals surface area contributed by atoms with E-state index in [1.165, 1.54) is 24.3 Å². The molecule has 34 heavy (non-hydrogen) atoms. The standard InChI is InChI=1S/C23H23F2N5O2.2ClH/c1-29-6-8-30(9-7-29)10-11-32-28-21-17-13-15(25)3-5-19(17)26-22(21)20-16-12-14(24)2-4-18(16)27-23(20)31;;/h2-5,12-13,27,31H,6-11H2,1H3;2*1H. The number of aromatic hydroxyl groups is 1. The molecule has 2 N–H and O–H groups in total. The molecule has 3 heterocycles. The van der Waals surface area contributed by atoms with Crippen LogP contribution in [0.4, 0.5) is 14.5 Å². The molecule has 1 fully saturated rings. The van der Waals surface area contributed by atoms with Gasteiger partial charge in [0.25, 0.3) is 0 Å². The quantitative estimate of drug-likeness (QED) is 0.399. The topological polar surface area (TPSA) is 76.5 Å². The maximum absolute atomic E-state index is 14.0. The summed E-state index contributed by atoms with van der Waals surface area (Å²) in [5, 5.41) is 15.3. The first kappa shape index (κ1) is 25.9. The Bertz CT molecular complexity index is 1240. The fraction of sp³-hybridized carbons (Fsp3) is 0.304. The SMILES string of the molecule is CN1CCN(CCON=C2C(c3c(O)[nH]c4ccc(F)cc34)=Nc3ccc(F)cc32)CC1.Cl.Cl. The monoisotopic (exact) mass is 511 g/mol. The number of H-pyrrole nitrogens is 1. The highest BCUT2D eigenvalue weighted by Gasteiger charge is 2.30. The molecule has 0 spiro atoms. The number of hydrogen-bond donors (Lipinski definition) is 2. The number of halogens is 4. The number of fused-ring (bicyclic) bond motifs is 2. The van der Waals surface area contributed by atoms with Crippen LogP contribution in [0.1, 0.15) is 11.1 Å². The van der Waals surface area contributed by atoms with Crippen molar-refractivity contribution in [1.29, 1.82) is 0 Å². The Morgan fingerprint density at radius 3 is 2.53 bits per heavy atom. The van der Waals surface area contributed by atoms with Crippen molar-refractivity contribution in [2.75, 3.05) is 46.4 Å². The molecular formula is C23H25Cl2F2N5O2. The fourth-order valence-electron chi connectivity index (χ4n) is 4.10. The van der Waals surface area contributed by atoms with E-state index in [2.05, 4.69) is 32.0 Å². The van der Waals surface area contributed by atoms with E-state index in [4.69, 9.17) is 4.84 Å². The van der Waals surface area contributed by atoms with Gasteiger partial charge in [-0.1, -0.05) is 5.16 Å². The van der Waals surface area contributed by atoms with Crippen molar-refractivity contribution in [3.8, 4) is 5.88 Å². The second-order valence-corrected chi connectivity index (χ2v) is 8.08. The molecule has 7 nitrogen and oxygen atoms in total. The minimum absolute atomic E-state index is 0. The van der Waals surface area contributed by atoms with Crippen LogP contribution in [-0.4, -0.2) is 77.7 Å². The van der Waals surface area contributed by atoms with Crippen LogP contribution in [0.25, 0.3) is 10.9 Å². The van der Waals surface area contributed by atoms with E-state index in [1.807, 2.05) is 0 Å². The minimum Gasteiger partial charge on any atom is -0.494 e. The first-order valence-electron chi connectivity index (χ1n) is 10.5. The van der Waals surface area contributed by atoms with Crippen molar-refractivity contribution in [2.45, 2.75) is 0 Å². The summed E-state index contributed by atoms with van der Waals surface area (Å²) >= 11 is 0. The Balaban J connectivity index is 0.00000162. The molecule has 3 aromatic rings. The van der Waals surface area contributed by atoms with Crippen molar-refractivity contribution >= 4 is 52.8 Å². The van der Waals surface area contributed by atoms with E-state index in [1.54, 1.807) is 12.1 Å². The van der Waals surface area contributed by atoms with Crippen LogP contribution >= 0.6 is 24.8 Å². The van der Waals surface area contributed by atoms with Crippen LogP contribution in [0.15, 0.2) is 46.5 Å². The lowest BCUT2D eigenvalue weighted by Crippen LogP contribution is -2.45. The molecule has 1 aromatic heterocycles. The van der Waals surface area contributed by atoms with Crippen LogP contribution in [0, 0.1) is 11.6 Å². The largest absolute Gasteiger partial charge is 0.494 e. The molecule has 2 aromatic carbocycles. The van der Waals surface area contributed by atoms with E-state index in [0.29, 0.717) is 45.7 Å². The number of nitrogens with one attached hydrogen (secondary N) is 1. The number of likely N-dealkylation sites (N-methyl/N-ethyl adjacent to an activating group) is 1. The smallest absolute Gasteiger partial charge is 0.199 e. The first-order valence-corrected chi connectivity index (χ1v) is 10.5. The van der Waals surface area contributed by atoms with Crippen LogP contribution in [0.3, 0.4) is 0 Å². The van der Waals surface area contributed by atoms with E-state index in [9.17, 15) is 13.9 Å². The summed E-state index contributed by atoms with van der Waals surface area (Å²) in [4.78, 5) is 17.6. The van der Waals surface area contributed by atoms with Crippen LogP contribution < -0.4 is 0 Å². The van der Waals surface area contributed by atoms with Crippen molar-refractivity contribution in [3.63, 3.8) is 0 Å². The molecule has 2 aliphatic heterocycles. The normalized spacial score (nSPS) is 17.3. The van der Waals surface area contributed by atoms with E-state index in [0.717, 1.165) is 32.7 Å². The molecule has 0 saturated carbocycles. The van der Waals surface area contributed by atoms with Gasteiger partial charge in [0.05, 0.1) is 11.3 Å². The highest BCUT2D eigenvalue weighted by molar-refractivity contribution is 6.58. The van der Waals surface area contributed by atoms with Crippen molar-refractivity contribution in [2.24, 2.45) is 10.1 Å². The van der Waals surface area contributed by atoms with Crippen molar-refractivity contribution < 1.29 is 18.7 Å². The van der Waals surface area contributed by atoms with Crippen LogP contribution in [0.5, 0.6) is 5.88 Å². The van der Waals surface area contributed by atoms with E-state index in [-0.39, 0.29) is 30.7 Å². The average Bonchev–Trinajstić information content (AvgIpc) is 3.28. The lowest BCUT2D eigenvalue weighted by Gasteiger charge is -2.31. The summed E-state index contributed by atoms with van der Waals surface area (Å²) in [6.45, 7) is 5.02. The minimum atomic E-state index is -0.443. The van der Waals surface area contributed by atoms with Crippen molar-refractivity contribution in [3.05, 3.63) is 59.2 Å². The first-order chi connectivity index (χ1) is 15.5. The number of aliphatic imine (C=N–C) groups is 1. The highest BCUT2D eigenvalue weighted by atomic mass is 35.5. The molecular weight excluding hydrogens is 487 g/mol. The molecule has 0 bridgehead atoms. The summed E-state index contributed by atoms with van der Waals surface area (Å²) in [6, 6.07) is 8.36. The van der Waals surface area contributed by atoms with Gasteiger partial charge in [-0.3, -0.25) is 4.90 Å². The molecule has 2 aliphatic rings. The molecule has 182 valence electrons. The molecule has 0 atom stereocenters. The van der Waals surface area contributed by atoms with Gasteiger partial charge >= 0.3 is 0 Å². The van der Waals surface area contributed by atoms with Crippen LogP contribution in [0.2, 0.25) is 0 Å². The molecule has 0 aliphatic carbocycles. The van der Waals surface area contributed by atoms with Gasteiger partial charge in [0.1, 0.15) is 29.7 Å². The Morgan fingerprint density at radius 2 is 1.76 bits per heavy atom. The van der Waals surface area contributed by atoms with Gasteiger partial charge in [0.2, 0.25) is 0 Å². The van der Waals surface area contributed by atoms with Gasteiger partial charge in [-0.05, 0) is 43.4 Å². The molecule has 5 rings (SSSR count). The Labute approximate surface area is 207 Å². The number of nitrogens with zero attached hydrogens (tertiary/aromatic N) is 4. The predicted octanol–water partition coefficient (Wildman–Crippen LogP) is 4.10. The number of hydrogen-bond acceptors (Lipinski definition) is 6. The van der Waals surface area contributed by atoms with Gasteiger partial charge in [0.15, 0.2) is 5.88 Å².